The highest BCUT2D eigenvalue weighted by molar-refractivity contribution is 6.31. The highest BCUT2D eigenvalue weighted by atomic mass is 35.5. The normalized spacial score (nSPS) is 10.4. The molecule has 5 nitrogen and oxygen atoms in total. The monoisotopic (exact) mass is 417 g/mol. The molecule has 148 valence electrons. The molecule has 0 aliphatic heterocycles. The predicted octanol–water partition coefficient (Wildman–Crippen LogP) is 5.04. The van der Waals surface area contributed by atoms with Gasteiger partial charge in [-0.1, -0.05) is 17.7 Å². The lowest BCUT2D eigenvalue weighted by Crippen LogP contribution is -2.24. The standard InChI is InChI=1S/C21H14ClF2NO4/c22-14-3-8-19(29-16-6-4-15(23)5-7-16)17(10-14)20(26)25-11-13-2-1-12(21(27)28)9-18(13)24/h1-10H,11H2,(H,25,26)(H,27,28). The zero-order valence-electron chi connectivity index (χ0n) is 14.8. The molecule has 0 bridgehead atoms. The minimum absolute atomic E-state index is 0.101. The van der Waals surface area contributed by atoms with Crippen molar-refractivity contribution in [3.05, 3.63) is 94.0 Å². The van der Waals surface area contributed by atoms with E-state index in [-0.39, 0.29) is 29.0 Å². The number of carboxylic acid groups (broad SMARTS) is 1. The van der Waals surface area contributed by atoms with Gasteiger partial charge in [-0.05, 0) is 54.6 Å². The molecule has 29 heavy (non-hydrogen) atoms. The topological polar surface area (TPSA) is 75.6 Å². The van der Waals surface area contributed by atoms with Gasteiger partial charge in [0.15, 0.2) is 0 Å². The lowest BCUT2D eigenvalue weighted by Gasteiger charge is -2.12. The number of benzene rings is 3. The number of nitrogens with one attached hydrogen (secondary N) is 1. The quantitative estimate of drug-likeness (QED) is 0.589. The van der Waals surface area contributed by atoms with Crippen LogP contribution in [0, 0.1) is 11.6 Å². The van der Waals surface area contributed by atoms with E-state index in [1.807, 2.05) is 0 Å². The van der Waals surface area contributed by atoms with E-state index in [9.17, 15) is 18.4 Å². The number of carbonyl (C=O) groups excluding carboxylic acids is 1. The largest absolute Gasteiger partial charge is 0.478 e. The van der Waals surface area contributed by atoms with Gasteiger partial charge < -0.3 is 15.2 Å². The molecule has 0 aliphatic carbocycles. The minimum atomic E-state index is -1.25. The van der Waals surface area contributed by atoms with Gasteiger partial charge in [-0.25, -0.2) is 13.6 Å². The van der Waals surface area contributed by atoms with Crippen LogP contribution in [0.2, 0.25) is 5.02 Å². The molecule has 3 aromatic carbocycles. The number of rotatable bonds is 6. The lowest BCUT2D eigenvalue weighted by atomic mass is 10.1. The van der Waals surface area contributed by atoms with Gasteiger partial charge >= 0.3 is 5.97 Å². The average Bonchev–Trinajstić information content (AvgIpc) is 2.69. The first-order valence-electron chi connectivity index (χ1n) is 8.36. The molecule has 0 saturated heterocycles. The Hall–Kier alpha value is -3.45. The van der Waals surface area contributed by atoms with Crippen molar-refractivity contribution in [1.82, 2.24) is 5.32 Å². The van der Waals surface area contributed by atoms with E-state index in [0.717, 1.165) is 6.07 Å². The van der Waals surface area contributed by atoms with Crippen molar-refractivity contribution in [2.45, 2.75) is 6.54 Å². The van der Waals surface area contributed by atoms with Crippen LogP contribution in [-0.4, -0.2) is 17.0 Å². The van der Waals surface area contributed by atoms with E-state index in [1.165, 1.54) is 54.6 Å². The predicted molar refractivity (Wildman–Crippen MR) is 102 cm³/mol. The van der Waals surface area contributed by atoms with Crippen LogP contribution >= 0.6 is 11.6 Å². The third-order valence-electron chi connectivity index (χ3n) is 3.97. The molecule has 8 heteroatoms. The fraction of sp³-hybridized carbons (Fsp3) is 0.0476. The van der Waals surface area contributed by atoms with E-state index < -0.39 is 23.5 Å². The van der Waals surface area contributed by atoms with Gasteiger partial charge in [-0.3, -0.25) is 4.79 Å². The summed E-state index contributed by atoms with van der Waals surface area (Å²) < 4.78 is 32.7. The molecule has 0 aromatic heterocycles. The summed E-state index contributed by atoms with van der Waals surface area (Å²) in [7, 11) is 0. The number of hydrogen-bond donors (Lipinski definition) is 2. The van der Waals surface area contributed by atoms with Gasteiger partial charge in [-0.15, -0.1) is 0 Å². The molecule has 2 N–H and O–H groups in total. The third kappa shape index (κ3) is 5.08. The summed E-state index contributed by atoms with van der Waals surface area (Å²) in [5, 5.41) is 11.7. The molecule has 0 unspecified atom stereocenters. The van der Waals surface area contributed by atoms with E-state index in [2.05, 4.69) is 5.32 Å². The number of halogens is 3. The second kappa shape index (κ2) is 8.70. The maximum Gasteiger partial charge on any atom is 0.335 e. The average molecular weight is 418 g/mol. The highest BCUT2D eigenvalue weighted by Gasteiger charge is 2.16. The molecule has 3 aromatic rings. The number of hydrogen-bond acceptors (Lipinski definition) is 3. The summed E-state index contributed by atoms with van der Waals surface area (Å²) in [6.07, 6.45) is 0. The molecule has 0 radical (unpaired) electrons. The molecule has 3 rings (SSSR count). The second-order valence-electron chi connectivity index (χ2n) is 5.99. The van der Waals surface area contributed by atoms with Crippen molar-refractivity contribution in [3.8, 4) is 11.5 Å². The van der Waals surface area contributed by atoms with Crippen molar-refractivity contribution in [2.75, 3.05) is 0 Å². The Bertz CT molecular complexity index is 1070. The number of aromatic carboxylic acids is 1. The lowest BCUT2D eigenvalue weighted by molar-refractivity contribution is 0.0696. The molecule has 0 atom stereocenters. The number of ether oxygens (including phenoxy) is 1. The fourth-order valence-corrected chi connectivity index (χ4v) is 2.66. The minimum Gasteiger partial charge on any atom is -0.478 e. The van der Waals surface area contributed by atoms with E-state index >= 15 is 0 Å². The van der Waals surface area contributed by atoms with Gasteiger partial charge in [0.25, 0.3) is 5.91 Å². The van der Waals surface area contributed by atoms with E-state index in [4.69, 9.17) is 21.4 Å². The summed E-state index contributed by atoms with van der Waals surface area (Å²) in [5.74, 6) is -2.51. The number of carbonyl (C=O) groups is 2. The van der Waals surface area contributed by atoms with Gasteiger partial charge in [0.1, 0.15) is 23.1 Å². The van der Waals surface area contributed by atoms with Gasteiger partial charge in [0, 0.05) is 17.1 Å². The molecule has 0 heterocycles. The van der Waals surface area contributed by atoms with Crippen molar-refractivity contribution >= 4 is 23.5 Å². The Morgan fingerprint density at radius 1 is 1.00 bits per heavy atom. The first-order chi connectivity index (χ1) is 13.8. The number of carboxylic acids is 1. The number of amides is 1. The van der Waals surface area contributed by atoms with Crippen molar-refractivity contribution < 1.29 is 28.2 Å². The van der Waals surface area contributed by atoms with Crippen LogP contribution in [0.5, 0.6) is 11.5 Å². The first kappa shape index (κ1) is 20.3. The van der Waals surface area contributed by atoms with Crippen molar-refractivity contribution in [3.63, 3.8) is 0 Å². The van der Waals surface area contributed by atoms with Crippen molar-refractivity contribution in [1.29, 1.82) is 0 Å². The molecule has 0 fully saturated rings. The second-order valence-corrected chi connectivity index (χ2v) is 6.43. The Morgan fingerprint density at radius 3 is 2.38 bits per heavy atom. The molecular formula is C21H14ClF2NO4. The Balaban J connectivity index is 1.77. The van der Waals surface area contributed by atoms with Gasteiger partial charge in [0.2, 0.25) is 0 Å². The third-order valence-corrected chi connectivity index (χ3v) is 4.20. The summed E-state index contributed by atoms with van der Waals surface area (Å²) >= 11 is 5.97. The maximum atomic E-state index is 14.0. The van der Waals surface area contributed by atoms with Crippen LogP contribution < -0.4 is 10.1 Å². The summed E-state index contributed by atoms with van der Waals surface area (Å²) in [5.41, 5.74) is 0.0261. The van der Waals surface area contributed by atoms with Gasteiger partial charge in [-0.2, -0.15) is 0 Å². The molecule has 0 saturated carbocycles. The van der Waals surface area contributed by atoms with Crippen LogP contribution in [0.4, 0.5) is 8.78 Å². The van der Waals surface area contributed by atoms with Crippen LogP contribution in [-0.2, 0) is 6.54 Å². The Kier molecular flexibility index (Phi) is 6.09. The first-order valence-corrected chi connectivity index (χ1v) is 8.74. The van der Waals surface area contributed by atoms with E-state index in [0.29, 0.717) is 10.8 Å². The molecule has 0 spiro atoms. The van der Waals surface area contributed by atoms with Crippen LogP contribution in [0.15, 0.2) is 60.7 Å². The zero-order valence-corrected chi connectivity index (χ0v) is 15.5. The SMILES string of the molecule is O=C(O)c1ccc(CNC(=O)c2cc(Cl)ccc2Oc2ccc(F)cc2)c(F)c1. The summed E-state index contributed by atoms with van der Waals surface area (Å²) in [4.78, 5) is 23.5. The summed E-state index contributed by atoms with van der Waals surface area (Å²) in [6.45, 7) is -0.174. The highest BCUT2D eigenvalue weighted by Crippen LogP contribution is 2.28. The zero-order chi connectivity index (χ0) is 21.0. The van der Waals surface area contributed by atoms with Crippen LogP contribution in [0.1, 0.15) is 26.3 Å². The molecule has 0 aliphatic rings. The summed E-state index contributed by atoms with van der Waals surface area (Å²) in [6, 6.07) is 13.1. The van der Waals surface area contributed by atoms with Crippen LogP contribution in [0.25, 0.3) is 0 Å². The smallest absolute Gasteiger partial charge is 0.335 e. The maximum absolute atomic E-state index is 14.0. The fourth-order valence-electron chi connectivity index (χ4n) is 2.49. The Morgan fingerprint density at radius 2 is 1.72 bits per heavy atom. The van der Waals surface area contributed by atoms with Gasteiger partial charge in [0.05, 0.1) is 11.1 Å². The molecule has 1 amide bonds. The Labute approximate surface area is 169 Å². The van der Waals surface area contributed by atoms with E-state index in [1.54, 1.807) is 0 Å². The van der Waals surface area contributed by atoms with Crippen molar-refractivity contribution in [2.24, 2.45) is 0 Å². The van der Waals surface area contributed by atoms with Crippen LogP contribution in [0.3, 0.4) is 0 Å². The molecular weight excluding hydrogens is 404 g/mol.